The van der Waals surface area contributed by atoms with Crippen LogP contribution in [0.15, 0.2) is 18.2 Å². The molecule has 1 fully saturated rings. The summed E-state index contributed by atoms with van der Waals surface area (Å²) in [6.07, 6.45) is 1.78. The molecular weight excluding hydrogens is 274 g/mol. The molecule has 0 saturated heterocycles. The number of carbonyl (C=O) groups is 1. The average molecular weight is 295 g/mol. The predicted octanol–water partition coefficient (Wildman–Crippen LogP) is 1.54. The SMILES string of the molecule is CNC(COc1c(OC)cccc1OC)(C(=O)O)C1CC1. The third-order valence-corrected chi connectivity index (χ3v) is 3.93. The van der Waals surface area contributed by atoms with E-state index in [9.17, 15) is 9.90 Å². The molecule has 0 spiro atoms. The standard InChI is InChI=1S/C15H21NO5/c1-16-15(14(17)18,10-7-8-10)9-21-13-11(19-2)5-4-6-12(13)20-3/h4-6,10,16H,7-9H2,1-3H3,(H,17,18). The van der Waals surface area contributed by atoms with E-state index in [1.165, 1.54) is 14.2 Å². The lowest BCUT2D eigenvalue weighted by Gasteiger charge is -2.29. The number of hydrogen-bond acceptors (Lipinski definition) is 5. The fourth-order valence-electron chi connectivity index (χ4n) is 2.46. The summed E-state index contributed by atoms with van der Waals surface area (Å²) in [5.74, 6) is 0.632. The van der Waals surface area contributed by atoms with E-state index in [2.05, 4.69) is 5.32 Å². The van der Waals surface area contributed by atoms with Gasteiger partial charge in [0.15, 0.2) is 17.0 Å². The summed E-state index contributed by atoms with van der Waals surface area (Å²) in [7, 11) is 4.71. The zero-order valence-corrected chi connectivity index (χ0v) is 12.5. The van der Waals surface area contributed by atoms with Crippen molar-refractivity contribution < 1.29 is 24.1 Å². The molecule has 116 valence electrons. The maximum absolute atomic E-state index is 11.7. The second kappa shape index (κ2) is 6.22. The monoisotopic (exact) mass is 295 g/mol. The van der Waals surface area contributed by atoms with Crippen molar-refractivity contribution in [1.82, 2.24) is 5.32 Å². The van der Waals surface area contributed by atoms with E-state index >= 15 is 0 Å². The number of aliphatic carboxylic acids is 1. The van der Waals surface area contributed by atoms with E-state index in [-0.39, 0.29) is 12.5 Å². The van der Waals surface area contributed by atoms with Crippen molar-refractivity contribution in [2.45, 2.75) is 18.4 Å². The lowest BCUT2D eigenvalue weighted by Crippen LogP contribution is -2.56. The molecule has 1 atom stereocenters. The number of ether oxygens (including phenoxy) is 3. The summed E-state index contributed by atoms with van der Waals surface area (Å²) >= 11 is 0. The smallest absolute Gasteiger partial charge is 0.327 e. The van der Waals surface area contributed by atoms with Crippen LogP contribution in [0.2, 0.25) is 0 Å². The second-order valence-electron chi connectivity index (χ2n) is 5.08. The Morgan fingerprint density at radius 1 is 1.33 bits per heavy atom. The van der Waals surface area contributed by atoms with Crippen LogP contribution in [-0.4, -0.2) is 44.5 Å². The van der Waals surface area contributed by atoms with Crippen molar-refractivity contribution in [3.63, 3.8) is 0 Å². The highest BCUT2D eigenvalue weighted by molar-refractivity contribution is 5.80. The van der Waals surface area contributed by atoms with Gasteiger partial charge < -0.3 is 24.6 Å². The van der Waals surface area contributed by atoms with Crippen LogP contribution in [0.1, 0.15) is 12.8 Å². The van der Waals surface area contributed by atoms with E-state index < -0.39 is 11.5 Å². The minimum atomic E-state index is -1.08. The molecule has 0 bridgehead atoms. The Hall–Kier alpha value is -1.95. The third kappa shape index (κ3) is 2.90. The molecule has 6 heteroatoms. The topological polar surface area (TPSA) is 77.0 Å². The third-order valence-electron chi connectivity index (χ3n) is 3.93. The zero-order chi connectivity index (χ0) is 15.5. The van der Waals surface area contributed by atoms with Gasteiger partial charge in [-0.15, -0.1) is 0 Å². The van der Waals surface area contributed by atoms with E-state index in [1.807, 2.05) is 0 Å². The van der Waals surface area contributed by atoms with Crippen molar-refractivity contribution in [3.05, 3.63) is 18.2 Å². The van der Waals surface area contributed by atoms with Gasteiger partial charge in [0.1, 0.15) is 6.61 Å². The number of para-hydroxylation sites is 1. The van der Waals surface area contributed by atoms with Crippen LogP contribution in [0.3, 0.4) is 0 Å². The molecule has 0 aromatic heterocycles. The Balaban J connectivity index is 2.23. The van der Waals surface area contributed by atoms with E-state index in [1.54, 1.807) is 25.2 Å². The molecule has 0 amide bonds. The predicted molar refractivity (Wildman–Crippen MR) is 77.2 cm³/mol. The average Bonchev–Trinajstić information content (AvgIpc) is 3.33. The molecular formula is C15H21NO5. The van der Waals surface area contributed by atoms with Crippen molar-refractivity contribution in [1.29, 1.82) is 0 Å². The van der Waals surface area contributed by atoms with Crippen molar-refractivity contribution in [3.8, 4) is 17.2 Å². The van der Waals surface area contributed by atoms with Gasteiger partial charge in [0.05, 0.1) is 14.2 Å². The van der Waals surface area contributed by atoms with E-state index in [4.69, 9.17) is 14.2 Å². The molecule has 2 rings (SSSR count). The molecule has 1 aliphatic carbocycles. The van der Waals surface area contributed by atoms with Gasteiger partial charge in [0.25, 0.3) is 0 Å². The fourth-order valence-corrected chi connectivity index (χ4v) is 2.46. The summed E-state index contributed by atoms with van der Waals surface area (Å²) in [6.45, 7) is 0.0141. The summed E-state index contributed by atoms with van der Waals surface area (Å²) < 4.78 is 16.3. The molecule has 0 radical (unpaired) electrons. The number of carboxylic acid groups (broad SMARTS) is 1. The van der Waals surface area contributed by atoms with Gasteiger partial charge in [-0.3, -0.25) is 4.79 Å². The van der Waals surface area contributed by atoms with Crippen LogP contribution in [-0.2, 0) is 4.79 Å². The van der Waals surface area contributed by atoms with Crippen LogP contribution < -0.4 is 19.5 Å². The molecule has 1 unspecified atom stereocenters. The molecule has 2 N–H and O–H groups in total. The Morgan fingerprint density at radius 2 is 1.90 bits per heavy atom. The highest BCUT2D eigenvalue weighted by Gasteiger charge is 2.51. The number of carboxylic acids is 1. The molecule has 6 nitrogen and oxygen atoms in total. The fraction of sp³-hybridized carbons (Fsp3) is 0.533. The molecule has 0 heterocycles. The summed E-state index contributed by atoms with van der Waals surface area (Å²) in [6, 6.07) is 5.28. The molecule has 21 heavy (non-hydrogen) atoms. The largest absolute Gasteiger partial charge is 0.493 e. The maximum atomic E-state index is 11.7. The van der Waals surface area contributed by atoms with E-state index in [0.717, 1.165) is 12.8 Å². The molecule has 0 aliphatic heterocycles. The normalized spacial score (nSPS) is 16.9. The van der Waals surface area contributed by atoms with Crippen LogP contribution in [0.4, 0.5) is 0 Å². The first-order chi connectivity index (χ1) is 10.1. The van der Waals surface area contributed by atoms with Crippen LogP contribution in [0, 0.1) is 5.92 Å². The first kappa shape index (κ1) is 15.4. The Kier molecular flexibility index (Phi) is 4.57. The highest BCUT2D eigenvalue weighted by atomic mass is 16.5. The first-order valence-corrected chi connectivity index (χ1v) is 6.85. The summed E-state index contributed by atoms with van der Waals surface area (Å²) in [4.78, 5) is 11.7. The van der Waals surface area contributed by atoms with Crippen molar-refractivity contribution in [2.75, 3.05) is 27.9 Å². The number of hydrogen-bond donors (Lipinski definition) is 2. The van der Waals surface area contributed by atoms with Crippen molar-refractivity contribution in [2.24, 2.45) is 5.92 Å². The van der Waals surface area contributed by atoms with Gasteiger partial charge in [0.2, 0.25) is 5.75 Å². The second-order valence-corrected chi connectivity index (χ2v) is 5.08. The molecule has 1 aliphatic rings. The molecule has 1 aromatic carbocycles. The van der Waals surface area contributed by atoms with Crippen LogP contribution >= 0.6 is 0 Å². The Morgan fingerprint density at radius 3 is 2.29 bits per heavy atom. The Labute approximate surface area is 124 Å². The number of methoxy groups -OCH3 is 2. The summed E-state index contributed by atoms with van der Waals surface area (Å²) in [5.41, 5.74) is -1.08. The minimum Gasteiger partial charge on any atom is -0.493 e. The molecule has 1 saturated carbocycles. The van der Waals surface area contributed by atoms with Gasteiger partial charge >= 0.3 is 5.97 Å². The number of benzene rings is 1. The quantitative estimate of drug-likeness (QED) is 0.757. The van der Waals surface area contributed by atoms with Crippen molar-refractivity contribution >= 4 is 5.97 Å². The van der Waals surface area contributed by atoms with Crippen LogP contribution in [0.5, 0.6) is 17.2 Å². The highest BCUT2D eigenvalue weighted by Crippen LogP contribution is 2.42. The first-order valence-electron chi connectivity index (χ1n) is 6.85. The lowest BCUT2D eigenvalue weighted by molar-refractivity contribution is -0.147. The number of nitrogens with one attached hydrogen (secondary N) is 1. The number of likely N-dealkylation sites (N-methyl/N-ethyl adjacent to an activating group) is 1. The van der Waals surface area contributed by atoms with Gasteiger partial charge in [-0.1, -0.05) is 6.07 Å². The van der Waals surface area contributed by atoms with E-state index in [0.29, 0.717) is 17.2 Å². The Bertz CT molecular complexity index is 493. The number of rotatable bonds is 8. The summed E-state index contributed by atoms with van der Waals surface area (Å²) in [5, 5.41) is 12.5. The maximum Gasteiger partial charge on any atom is 0.327 e. The van der Waals surface area contributed by atoms with Gasteiger partial charge in [0, 0.05) is 0 Å². The lowest BCUT2D eigenvalue weighted by atomic mass is 9.94. The van der Waals surface area contributed by atoms with Gasteiger partial charge in [-0.2, -0.15) is 0 Å². The zero-order valence-electron chi connectivity index (χ0n) is 12.5. The van der Waals surface area contributed by atoms with Gasteiger partial charge in [-0.05, 0) is 37.9 Å². The molecule has 1 aromatic rings. The van der Waals surface area contributed by atoms with Gasteiger partial charge in [-0.25, -0.2) is 0 Å². The minimum absolute atomic E-state index is 0.0141. The van der Waals surface area contributed by atoms with Crippen LogP contribution in [0.25, 0.3) is 0 Å².